The van der Waals surface area contributed by atoms with Crippen molar-refractivity contribution in [2.24, 2.45) is 5.16 Å². The molecule has 1 aliphatic rings. The van der Waals surface area contributed by atoms with Crippen molar-refractivity contribution in [2.45, 2.75) is 37.8 Å². The number of oxime groups is 1. The van der Waals surface area contributed by atoms with E-state index in [1.54, 1.807) is 6.07 Å². The van der Waals surface area contributed by atoms with Gasteiger partial charge >= 0.3 is 6.18 Å². The van der Waals surface area contributed by atoms with Crippen LogP contribution in [0, 0.1) is 0 Å². The van der Waals surface area contributed by atoms with E-state index < -0.39 is 11.7 Å². The molecule has 2 rings (SSSR count). The van der Waals surface area contributed by atoms with Crippen molar-refractivity contribution < 1.29 is 18.0 Å². The van der Waals surface area contributed by atoms with E-state index in [4.69, 9.17) is 4.84 Å². The van der Waals surface area contributed by atoms with Gasteiger partial charge in [0, 0.05) is 12.2 Å². The lowest BCUT2D eigenvalue weighted by Gasteiger charge is -2.13. The number of hydrogen-bond donors (Lipinski definition) is 0. The van der Waals surface area contributed by atoms with Gasteiger partial charge < -0.3 is 4.84 Å². The molecule has 2 nitrogen and oxygen atoms in total. The maximum atomic E-state index is 12.8. The number of nitrogens with zero attached hydrogens (tertiary/aromatic N) is 1. The molecule has 19 heavy (non-hydrogen) atoms. The van der Waals surface area contributed by atoms with Crippen molar-refractivity contribution in [1.29, 1.82) is 0 Å². The fourth-order valence-electron chi connectivity index (χ4n) is 1.76. The molecule has 0 saturated heterocycles. The first kappa shape index (κ1) is 14.2. The summed E-state index contributed by atoms with van der Waals surface area (Å²) in [5, 5.41) is 4.63. The lowest BCUT2D eigenvalue weighted by atomic mass is 10.1. The average Bonchev–Trinajstić information content (AvgIpc) is 2.66. The summed E-state index contributed by atoms with van der Waals surface area (Å²) < 4.78 is 38.4. The molecule has 104 valence electrons. The molecule has 1 aromatic carbocycles. The number of hydrogen-bond acceptors (Lipinski definition) is 3. The summed E-state index contributed by atoms with van der Waals surface area (Å²) in [6, 6.07) is 5.61. The summed E-state index contributed by atoms with van der Waals surface area (Å²) in [6.07, 6.45) is -3.68. The van der Waals surface area contributed by atoms with E-state index in [0.29, 0.717) is 6.42 Å². The number of halogens is 3. The van der Waals surface area contributed by atoms with Gasteiger partial charge in [-0.15, -0.1) is 11.8 Å². The number of rotatable bonds is 2. The summed E-state index contributed by atoms with van der Waals surface area (Å²) in [6.45, 7) is 3.79. The van der Waals surface area contributed by atoms with E-state index in [0.717, 1.165) is 11.1 Å². The highest BCUT2D eigenvalue weighted by molar-refractivity contribution is 8.13. The van der Waals surface area contributed by atoms with Crippen molar-refractivity contribution in [3.8, 4) is 0 Å². The van der Waals surface area contributed by atoms with Crippen LogP contribution in [0.5, 0.6) is 0 Å². The van der Waals surface area contributed by atoms with Crippen molar-refractivity contribution in [2.75, 3.05) is 0 Å². The molecular formula is C13H14F3NOS. The van der Waals surface area contributed by atoms with E-state index in [1.807, 2.05) is 13.8 Å². The fraction of sp³-hybridized carbons (Fsp3) is 0.462. The topological polar surface area (TPSA) is 21.6 Å². The van der Waals surface area contributed by atoms with Gasteiger partial charge in [0.1, 0.15) is 10.6 Å². The highest BCUT2D eigenvalue weighted by Gasteiger charge is 2.33. The number of thioether (sulfide) groups is 1. The molecular weight excluding hydrogens is 275 g/mol. The molecule has 0 unspecified atom stereocenters. The van der Waals surface area contributed by atoms with E-state index in [9.17, 15) is 13.2 Å². The Bertz CT molecular complexity index is 497. The Hall–Kier alpha value is -1.17. The van der Waals surface area contributed by atoms with Gasteiger partial charge in [0.25, 0.3) is 0 Å². The van der Waals surface area contributed by atoms with Crippen LogP contribution in [0.4, 0.5) is 13.2 Å². The van der Waals surface area contributed by atoms with Crippen LogP contribution in [0.3, 0.4) is 0 Å². The molecule has 0 aromatic heterocycles. The highest BCUT2D eigenvalue weighted by atomic mass is 32.2. The smallest absolute Gasteiger partial charge is 0.389 e. The minimum Gasteiger partial charge on any atom is -0.389 e. The Morgan fingerprint density at radius 2 is 2.00 bits per heavy atom. The first-order valence-corrected chi connectivity index (χ1v) is 6.79. The second-order valence-corrected chi connectivity index (χ2v) is 6.00. The lowest BCUT2D eigenvalue weighted by molar-refractivity contribution is -0.138. The summed E-state index contributed by atoms with van der Waals surface area (Å²) >= 11 is 1.29. The third-order valence-corrected chi connectivity index (χ3v) is 3.70. The van der Waals surface area contributed by atoms with Gasteiger partial charge in [0.2, 0.25) is 0 Å². The van der Waals surface area contributed by atoms with E-state index >= 15 is 0 Å². The Labute approximate surface area is 114 Å². The zero-order valence-corrected chi connectivity index (χ0v) is 11.4. The zero-order valence-electron chi connectivity index (χ0n) is 10.6. The molecule has 0 fully saturated rings. The molecule has 0 bridgehead atoms. The van der Waals surface area contributed by atoms with Gasteiger partial charge in [-0.2, -0.15) is 13.2 Å². The Morgan fingerprint density at radius 1 is 1.32 bits per heavy atom. The Kier molecular flexibility index (Phi) is 3.80. The fourth-order valence-corrected chi connectivity index (χ4v) is 2.88. The van der Waals surface area contributed by atoms with Crippen molar-refractivity contribution in [1.82, 2.24) is 0 Å². The molecule has 0 spiro atoms. The predicted octanol–water partition coefficient (Wildman–Crippen LogP) is 4.45. The van der Waals surface area contributed by atoms with Gasteiger partial charge in [-0.25, -0.2) is 0 Å². The van der Waals surface area contributed by atoms with Crippen molar-refractivity contribution >= 4 is 16.8 Å². The molecule has 1 heterocycles. The van der Waals surface area contributed by atoms with E-state index in [2.05, 4.69) is 5.16 Å². The minimum atomic E-state index is -4.32. The SMILES string of the molecule is CC1(C)CC(SCc2ccccc2C(F)(F)F)=NO1. The molecule has 0 atom stereocenters. The van der Waals surface area contributed by atoms with Crippen LogP contribution >= 0.6 is 11.8 Å². The van der Waals surface area contributed by atoms with Gasteiger partial charge in [-0.05, 0) is 25.5 Å². The van der Waals surface area contributed by atoms with Crippen LogP contribution < -0.4 is 0 Å². The standard InChI is InChI=1S/C13H14F3NOS/c1-12(2)7-11(17-18-12)19-8-9-5-3-4-6-10(9)13(14,15)16/h3-6H,7-8H2,1-2H3. The second-order valence-electron chi connectivity index (χ2n) is 4.96. The van der Waals surface area contributed by atoms with Crippen LogP contribution in [0.1, 0.15) is 31.4 Å². The lowest BCUT2D eigenvalue weighted by Crippen LogP contribution is -2.18. The quantitative estimate of drug-likeness (QED) is 0.802. The van der Waals surface area contributed by atoms with Crippen molar-refractivity contribution in [3.63, 3.8) is 0 Å². The third-order valence-electron chi connectivity index (χ3n) is 2.69. The maximum Gasteiger partial charge on any atom is 0.416 e. The maximum absolute atomic E-state index is 12.8. The van der Waals surface area contributed by atoms with Crippen LogP contribution in [0.15, 0.2) is 29.4 Å². The van der Waals surface area contributed by atoms with Crippen LogP contribution in [-0.2, 0) is 16.8 Å². The third kappa shape index (κ3) is 3.65. The Morgan fingerprint density at radius 3 is 2.58 bits per heavy atom. The van der Waals surface area contributed by atoms with Gasteiger partial charge in [0.05, 0.1) is 5.56 Å². The van der Waals surface area contributed by atoms with Gasteiger partial charge in [0.15, 0.2) is 0 Å². The van der Waals surface area contributed by atoms with Crippen LogP contribution in [0.2, 0.25) is 0 Å². The van der Waals surface area contributed by atoms with Crippen LogP contribution in [-0.4, -0.2) is 10.6 Å². The summed E-state index contributed by atoms with van der Waals surface area (Å²) in [5.41, 5.74) is -0.667. The molecule has 6 heteroatoms. The normalized spacial score (nSPS) is 18.1. The number of benzene rings is 1. The predicted molar refractivity (Wildman–Crippen MR) is 70.0 cm³/mol. The summed E-state index contributed by atoms with van der Waals surface area (Å²) in [5.74, 6) is 0.244. The largest absolute Gasteiger partial charge is 0.416 e. The molecule has 1 aromatic rings. The molecule has 1 aliphatic heterocycles. The average molecular weight is 289 g/mol. The van der Waals surface area contributed by atoms with Crippen LogP contribution in [0.25, 0.3) is 0 Å². The molecule has 0 saturated carbocycles. The van der Waals surface area contributed by atoms with Gasteiger partial charge in [-0.1, -0.05) is 23.4 Å². The molecule has 0 N–H and O–H groups in total. The number of alkyl halides is 3. The highest BCUT2D eigenvalue weighted by Crippen LogP contribution is 2.35. The summed E-state index contributed by atoms with van der Waals surface area (Å²) in [7, 11) is 0. The monoisotopic (exact) mass is 289 g/mol. The first-order chi connectivity index (χ1) is 8.78. The van der Waals surface area contributed by atoms with E-state index in [-0.39, 0.29) is 16.9 Å². The first-order valence-electron chi connectivity index (χ1n) is 5.81. The zero-order chi connectivity index (χ0) is 14.1. The van der Waals surface area contributed by atoms with Crippen molar-refractivity contribution in [3.05, 3.63) is 35.4 Å². The molecule has 0 aliphatic carbocycles. The van der Waals surface area contributed by atoms with Gasteiger partial charge in [-0.3, -0.25) is 0 Å². The molecule has 0 radical (unpaired) electrons. The summed E-state index contributed by atoms with van der Waals surface area (Å²) in [4.78, 5) is 5.18. The Balaban J connectivity index is 2.05. The second kappa shape index (κ2) is 5.07. The molecule has 0 amide bonds. The van der Waals surface area contributed by atoms with E-state index in [1.165, 1.54) is 23.9 Å². The minimum absolute atomic E-state index is 0.244.